The Kier molecular flexibility index (Phi) is 3.21. The van der Waals surface area contributed by atoms with E-state index in [-0.39, 0.29) is 5.41 Å². The zero-order chi connectivity index (χ0) is 13.7. The smallest absolute Gasteiger partial charge is 0.0995 e. The van der Waals surface area contributed by atoms with Gasteiger partial charge in [0.15, 0.2) is 0 Å². The van der Waals surface area contributed by atoms with Gasteiger partial charge in [-0.2, -0.15) is 0 Å². The molecule has 1 atom stereocenters. The average Bonchev–Trinajstić information content (AvgIpc) is 2.35. The molecular weight excluding hydrogens is 218 g/mol. The quantitative estimate of drug-likeness (QED) is 0.478. The van der Waals surface area contributed by atoms with E-state index in [1.54, 1.807) is 0 Å². The Morgan fingerprint density at radius 2 is 1.44 bits per heavy atom. The molecule has 0 radical (unpaired) electrons. The standard InChI is InChI=1S/C17H32N/c1-7-17(6)11-14-18(12-9-8-10-13-18)16(4,5)15(17,2)3/h7H,1,8-14H2,2-6H3/q+1. The van der Waals surface area contributed by atoms with Gasteiger partial charge in [0.25, 0.3) is 0 Å². The molecule has 2 heterocycles. The summed E-state index contributed by atoms with van der Waals surface area (Å²) in [6.45, 7) is 20.7. The maximum Gasteiger partial charge on any atom is 0.0995 e. The van der Waals surface area contributed by atoms with Crippen molar-refractivity contribution in [3.8, 4) is 0 Å². The van der Waals surface area contributed by atoms with Crippen LogP contribution in [-0.4, -0.2) is 29.7 Å². The van der Waals surface area contributed by atoms with Crippen LogP contribution < -0.4 is 0 Å². The molecule has 0 saturated carbocycles. The lowest BCUT2D eigenvalue weighted by Crippen LogP contribution is -2.75. The van der Waals surface area contributed by atoms with Crippen LogP contribution in [0.4, 0.5) is 0 Å². The Morgan fingerprint density at radius 3 is 1.94 bits per heavy atom. The van der Waals surface area contributed by atoms with Gasteiger partial charge in [0.1, 0.15) is 0 Å². The van der Waals surface area contributed by atoms with Gasteiger partial charge < -0.3 is 4.48 Å². The van der Waals surface area contributed by atoms with Gasteiger partial charge in [0, 0.05) is 17.3 Å². The molecule has 2 aliphatic heterocycles. The Labute approximate surface area is 114 Å². The van der Waals surface area contributed by atoms with Crippen molar-refractivity contribution >= 4 is 0 Å². The molecule has 0 amide bonds. The summed E-state index contributed by atoms with van der Waals surface area (Å²) < 4.78 is 1.35. The topological polar surface area (TPSA) is 0 Å². The van der Waals surface area contributed by atoms with Gasteiger partial charge in [0.05, 0.1) is 25.2 Å². The highest BCUT2D eigenvalue weighted by molar-refractivity contribution is 5.10. The Morgan fingerprint density at radius 1 is 0.889 bits per heavy atom. The first-order valence-electron chi connectivity index (χ1n) is 7.72. The van der Waals surface area contributed by atoms with Crippen LogP contribution in [0.2, 0.25) is 0 Å². The van der Waals surface area contributed by atoms with Crippen LogP contribution in [0.5, 0.6) is 0 Å². The van der Waals surface area contributed by atoms with Crippen molar-refractivity contribution < 1.29 is 4.48 Å². The van der Waals surface area contributed by atoms with E-state index in [4.69, 9.17) is 0 Å². The summed E-state index contributed by atoms with van der Waals surface area (Å²) in [5.41, 5.74) is 0.920. The van der Waals surface area contributed by atoms with Crippen LogP contribution in [0.1, 0.15) is 60.3 Å². The van der Waals surface area contributed by atoms with Crippen molar-refractivity contribution in [1.82, 2.24) is 0 Å². The van der Waals surface area contributed by atoms with E-state index in [9.17, 15) is 0 Å². The minimum atomic E-state index is 0.275. The van der Waals surface area contributed by atoms with E-state index in [0.29, 0.717) is 11.0 Å². The number of piperidine rings is 2. The minimum Gasteiger partial charge on any atom is -0.319 e. The molecular formula is C17H32N+. The highest BCUT2D eigenvalue weighted by Crippen LogP contribution is 2.58. The predicted octanol–water partition coefficient (Wildman–Crippen LogP) is 4.39. The SMILES string of the molecule is C=CC1(C)CC[N+]2(CCCCC2)C(C)(C)C1(C)C. The second-order valence-corrected chi connectivity index (χ2v) is 7.93. The molecule has 0 aromatic carbocycles. The first-order valence-corrected chi connectivity index (χ1v) is 7.72. The fraction of sp³-hybridized carbons (Fsp3) is 0.882. The van der Waals surface area contributed by atoms with Crippen LogP contribution in [0.25, 0.3) is 0 Å². The lowest BCUT2D eigenvalue weighted by atomic mass is 9.52. The maximum atomic E-state index is 4.14. The van der Waals surface area contributed by atoms with Gasteiger partial charge in [-0.1, -0.05) is 26.8 Å². The molecule has 0 bridgehead atoms. The van der Waals surface area contributed by atoms with Crippen molar-refractivity contribution in [3.05, 3.63) is 12.7 Å². The molecule has 2 fully saturated rings. The number of rotatable bonds is 1. The number of allylic oxidation sites excluding steroid dienone is 1. The zero-order valence-corrected chi connectivity index (χ0v) is 13.2. The van der Waals surface area contributed by atoms with Crippen LogP contribution in [0, 0.1) is 10.8 Å². The molecule has 1 spiro atoms. The number of nitrogens with zero attached hydrogens (tertiary/aromatic N) is 1. The minimum absolute atomic E-state index is 0.275. The third-order valence-electron chi connectivity index (χ3n) is 7.33. The normalized spacial score (nSPS) is 37.4. The summed E-state index contributed by atoms with van der Waals surface area (Å²) in [4.78, 5) is 0. The van der Waals surface area contributed by atoms with E-state index >= 15 is 0 Å². The van der Waals surface area contributed by atoms with Gasteiger partial charge in [0.2, 0.25) is 0 Å². The molecule has 1 nitrogen and oxygen atoms in total. The van der Waals surface area contributed by atoms with Crippen molar-refractivity contribution in [3.63, 3.8) is 0 Å². The van der Waals surface area contributed by atoms with Gasteiger partial charge in [-0.15, -0.1) is 6.58 Å². The van der Waals surface area contributed by atoms with E-state index in [2.05, 4.69) is 47.3 Å². The second kappa shape index (κ2) is 4.10. The van der Waals surface area contributed by atoms with E-state index < -0.39 is 0 Å². The highest BCUT2D eigenvalue weighted by Gasteiger charge is 2.63. The van der Waals surface area contributed by atoms with Crippen LogP contribution in [0.3, 0.4) is 0 Å². The molecule has 2 saturated heterocycles. The van der Waals surface area contributed by atoms with Crippen LogP contribution in [-0.2, 0) is 0 Å². The lowest BCUT2D eigenvalue weighted by molar-refractivity contribution is -0.992. The zero-order valence-electron chi connectivity index (χ0n) is 13.2. The molecule has 2 aliphatic rings. The van der Waals surface area contributed by atoms with Crippen molar-refractivity contribution in [2.45, 2.75) is 65.8 Å². The number of hydrogen-bond acceptors (Lipinski definition) is 0. The van der Waals surface area contributed by atoms with Crippen molar-refractivity contribution in [2.24, 2.45) is 10.8 Å². The largest absolute Gasteiger partial charge is 0.319 e. The summed E-state index contributed by atoms with van der Waals surface area (Å²) in [5, 5.41) is 0. The molecule has 0 aliphatic carbocycles. The molecule has 104 valence electrons. The number of hydrogen-bond donors (Lipinski definition) is 0. The van der Waals surface area contributed by atoms with Crippen LogP contribution >= 0.6 is 0 Å². The molecule has 0 N–H and O–H groups in total. The monoisotopic (exact) mass is 250 g/mol. The van der Waals surface area contributed by atoms with Crippen LogP contribution in [0.15, 0.2) is 12.7 Å². The second-order valence-electron chi connectivity index (χ2n) is 7.93. The molecule has 0 aromatic heterocycles. The Bertz CT molecular complexity index is 334. The maximum absolute atomic E-state index is 4.14. The lowest BCUT2D eigenvalue weighted by Gasteiger charge is -2.66. The van der Waals surface area contributed by atoms with E-state index in [1.807, 2.05) is 0 Å². The molecule has 0 aromatic rings. The molecule has 1 heteroatoms. The third-order valence-corrected chi connectivity index (χ3v) is 7.33. The third kappa shape index (κ3) is 1.56. The predicted molar refractivity (Wildman–Crippen MR) is 79.5 cm³/mol. The van der Waals surface area contributed by atoms with Gasteiger partial charge in [-0.05, 0) is 33.1 Å². The number of quaternary nitrogens is 1. The fourth-order valence-corrected chi connectivity index (χ4v) is 4.59. The van der Waals surface area contributed by atoms with Crippen molar-refractivity contribution in [2.75, 3.05) is 19.6 Å². The summed E-state index contributed by atoms with van der Waals surface area (Å²) in [6, 6.07) is 0. The molecule has 2 rings (SSSR count). The summed E-state index contributed by atoms with van der Waals surface area (Å²) in [7, 11) is 0. The Balaban J connectivity index is 2.43. The van der Waals surface area contributed by atoms with Gasteiger partial charge >= 0.3 is 0 Å². The first kappa shape index (κ1) is 14.1. The summed E-state index contributed by atoms with van der Waals surface area (Å²) in [5.74, 6) is 0. The molecule has 18 heavy (non-hydrogen) atoms. The van der Waals surface area contributed by atoms with E-state index in [1.165, 1.54) is 49.8 Å². The molecule has 1 unspecified atom stereocenters. The average molecular weight is 250 g/mol. The fourth-order valence-electron chi connectivity index (χ4n) is 4.59. The summed E-state index contributed by atoms with van der Waals surface area (Å²) in [6.07, 6.45) is 7.81. The van der Waals surface area contributed by atoms with Crippen molar-refractivity contribution in [1.29, 1.82) is 0 Å². The van der Waals surface area contributed by atoms with Gasteiger partial charge in [-0.3, -0.25) is 0 Å². The van der Waals surface area contributed by atoms with Gasteiger partial charge in [-0.25, -0.2) is 0 Å². The first-order chi connectivity index (χ1) is 8.22. The highest BCUT2D eigenvalue weighted by atomic mass is 15.4. The van der Waals surface area contributed by atoms with E-state index in [0.717, 1.165) is 0 Å². The summed E-state index contributed by atoms with van der Waals surface area (Å²) >= 11 is 0. The Hall–Kier alpha value is -0.300.